The van der Waals surface area contributed by atoms with Crippen LogP contribution >= 0.6 is 11.6 Å². The highest BCUT2D eigenvalue weighted by atomic mass is 35.5. The van der Waals surface area contributed by atoms with Crippen LogP contribution in [0.5, 0.6) is 0 Å². The molecule has 0 saturated heterocycles. The molecule has 7 heteroatoms. The molecule has 23 heavy (non-hydrogen) atoms. The largest absolute Gasteiger partial charge is 0.358 e. The average Bonchev–Trinajstić information content (AvgIpc) is 2.82. The zero-order chi connectivity index (χ0) is 17.0. The minimum Gasteiger partial charge on any atom is -0.358 e. The average molecular weight is 335 g/mol. The van der Waals surface area contributed by atoms with Gasteiger partial charge >= 0.3 is 0 Å². The Labute approximate surface area is 139 Å². The van der Waals surface area contributed by atoms with Crippen LogP contribution in [0, 0.1) is 13.8 Å². The second-order valence-electron chi connectivity index (χ2n) is 5.31. The highest BCUT2D eigenvalue weighted by Gasteiger charge is 2.11. The number of anilines is 1. The van der Waals surface area contributed by atoms with E-state index in [0.717, 1.165) is 16.8 Å². The maximum atomic E-state index is 12.1. The number of hydrogen-bond acceptors (Lipinski definition) is 3. The lowest BCUT2D eigenvalue weighted by atomic mass is 10.1. The Morgan fingerprint density at radius 1 is 1.22 bits per heavy atom. The lowest BCUT2D eigenvalue weighted by molar-refractivity contribution is -0.121. The standard InChI is InChI=1S/C16H19ClN4O2/c1-10-4-5-12(7-13(10)17)8-15(22)19-14-6-11(2)21(20-14)9-16(23)18-3/h4-7H,8-9H2,1-3H3,(H,18,23)(H,19,20,22). The topological polar surface area (TPSA) is 76.0 Å². The van der Waals surface area contributed by atoms with Crippen molar-refractivity contribution in [3.8, 4) is 0 Å². The smallest absolute Gasteiger partial charge is 0.241 e. The highest BCUT2D eigenvalue weighted by Crippen LogP contribution is 2.17. The summed E-state index contributed by atoms with van der Waals surface area (Å²) in [7, 11) is 1.57. The molecule has 0 unspecified atom stereocenters. The molecule has 1 aromatic heterocycles. The Morgan fingerprint density at radius 2 is 1.96 bits per heavy atom. The summed E-state index contributed by atoms with van der Waals surface area (Å²) in [5, 5.41) is 10.1. The third-order valence-corrected chi connectivity index (χ3v) is 3.83. The molecular formula is C16H19ClN4O2. The number of hydrogen-bond donors (Lipinski definition) is 2. The van der Waals surface area contributed by atoms with Crippen molar-refractivity contribution >= 4 is 29.2 Å². The van der Waals surface area contributed by atoms with Gasteiger partial charge in [0, 0.05) is 23.8 Å². The Bertz CT molecular complexity index is 740. The van der Waals surface area contributed by atoms with Gasteiger partial charge in [-0.3, -0.25) is 14.3 Å². The van der Waals surface area contributed by atoms with Gasteiger partial charge in [0.1, 0.15) is 6.54 Å². The van der Waals surface area contributed by atoms with E-state index in [0.29, 0.717) is 10.8 Å². The van der Waals surface area contributed by atoms with Crippen LogP contribution in [0.25, 0.3) is 0 Å². The summed E-state index contributed by atoms with van der Waals surface area (Å²) in [4.78, 5) is 23.5. The van der Waals surface area contributed by atoms with E-state index in [4.69, 9.17) is 11.6 Å². The molecule has 2 aromatic rings. The Balaban J connectivity index is 2.01. The van der Waals surface area contributed by atoms with Gasteiger partial charge in [-0.15, -0.1) is 0 Å². The number of nitrogens with zero attached hydrogens (tertiary/aromatic N) is 2. The van der Waals surface area contributed by atoms with Gasteiger partial charge in [-0.25, -0.2) is 0 Å². The molecule has 0 bridgehead atoms. The predicted molar refractivity (Wildman–Crippen MR) is 89.6 cm³/mol. The molecule has 0 atom stereocenters. The van der Waals surface area contributed by atoms with Crippen LogP contribution in [-0.2, 0) is 22.6 Å². The zero-order valence-corrected chi connectivity index (χ0v) is 14.1. The fraction of sp³-hybridized carbons (Fsp3) is 0.312. The SMILES string of the molecule is CNC(=O)Cn1nc(NC(=O)Cc2ccc(C)c(Cl)c2)cc1C. The first kappa shape index (κ1) is 17.0. The first-order chi connectivity index (χ1) is 10.9. The number of aromatic nitrogens is 2. The number of aryl methyl sites for hydroxylation is 2. The van der Waals surface area contributed by atoms with Crippen molar-refractivity contribution in [1.82, 2.24) is 15.1 Å². The number of rotatable bonds is 5. The number of nitrogens with one attached hydrogen (secondary N) is 2. The van der Waals surface area contributed by atoms with Gasteiger partial charge in [-0.1, -0.05) is 23.7 Å². The molecule has 122 valence electrons. The number of amides is 2. The number of benzene rings is 1. The van der Waals surface area contributed by atoms with Crippen molar-refractivity contribution in [2.45, 2.75) is 26.8 Å². The fourth-order valence-electron chi connectivity index (χ4n) is 2.07. The number of carbonyl (C=O) groups is 2. The maximum Gasteiger partial charge on any atom is 0.241 e. The van der Waals surface area contributed by atoms with Crippen LogP contribution < -0.4 is 10.6 Å². The molecule has 0 saturated carbocycles. The van der Waals surface area contributed by atoms with Crippen molar-refractivity contribution in [1.29, 1.82) is 0 Å². The normalized spacial score (nSPS) is 10.4. The van der Waals surface area contributed by atoms with Crippen molar-refractivity contribution in [2.75, 3.05) is 12.4 Å². The van der Waals surface area contributed by atoms with Gasteiger partial charge in [-0.05, 0) is 31.0 Å². The van der Waals surface area contributed by atoms with E-state index in [1.54, 1.807) is 19.2 Å². The predicted octanol–water partition coefficient (Wildman–Crippen LogP) is 2.08. The quantitative estimate of drug-likeness (QED) is 0.879. The van der Waals surface area contributed by atoms with Gasteiger partial charge in [0.05, 0.1) is 6.42 Å². The van der Waals surface area contributed by atoms with Gasteiger partial charge in [0.25, 0.3) is 0 Å². The van der Waals surface area contributed by atoms with Crippen LogP contribution in [0.1, 0.15) is 16.8 Å². The molecule has 0 fully saturated rings. The van der Waals surface area contributed by atoms with E-state index in [1.807, 2.05) is 26.0 Å². The molecular weight excluding hydrogens is 316 g/mol. The highest BCUT2D eigenvalue weighted by molar-refractivity contribution is 6.31. The molecule has 0 aliphatic carbocycles. The molecule has 2 amide bonds. The van der Waals surface area contributed by atoms with Crippen molar-refractivity contribution in [3.05, 3.63) is 46.1 Å². The van der Waals surface area contributed by atoms with E-state index in [2.05, 4.69) is 15.7 Å². The van der Waals surface area contributed by atoms with Crippen LogP contribution in [0.4, 0.5) is 5.82 Å². The molecule has 2 N–H and O–H groups in total. The molecule has 0 aliphatic heterocycles. The summed E-state index contributed by atoms with van der Waals surface area (Å²) < 4.78 is 1.54. The van der Waals surface area contributed by atoms with Gasteiger partial charge in [-0.2, -0.15) is 5.10 Å². The van der Waals surface area contributed by atoms with Crippen LogP contribution in [0.2, 0.25) is 5.02 Å². The van der Waals surface area contributed by atoms with Crippen LogP contribution in [0.15, 0.2) is 24.3 Å². The first-order valence-corrected chi connectivity index (χ1v) is 7.56. The van der Waals surface area contributed by atoms with Crippen molar-refractivity contribution in [2.24, 2.45) is 0 Å². The van der Waals surface area contributed by atoms with E-state index in [9.17, 15) is 9.59 Å². The minimum atomic E-state index is -0.186. The lowest BCUT2D eigenvalue weighted by Gasteiger charge is -2.05. The summed E-state index contributed by atoms with van der Waals surface area (Å²) in [5.74, 6) is 0.0903. The molecule has 0 spiro atoms. The monoisotopic (exact) mass is 334 g/mol. The van der Waals surface area contributed by atoms with E-state index in [1.165, 1.54) is 4.68 Å². The third-order valence-electron chi connectivity index (χ3n) is 3.42. The van der Waals surface area contributed by atoms with E-state index >= 15 is 0 Å². The summed E-state index contributed by atoms with van der Waals surface area (Å²) in [6.45, 7) is 3.85. The van der Waals surface area contributed by atoms with E-state index in [-0.39, 0.29) is 24.8 Å². The second-order valence-corrected chi connectivity index (χ2v) is 5.72. The Kier molecular flexibility index (Phi) is 5.39. The summed E-state index contributed by atoms with van der Waals surface area (Å²) in [6.07, 6.45) is 0.210. The zero-order valence-electron chi connectivity index (χ0n) is 13.3. The molecule has 1 aromatic carbocycles. The van der Waals surface area contributed by atoms with Gasteiger partial charge in [0.15, 0.2) is 5.82 Å². The van der Waals surface area contributed by atoms with Crippen molar-refractivity contribution in [3.63, 3.8) is 0 Å². The molecule has 0 aliphatic rings. The van der Waals surface area contributed by atoms with Gasteiger partial charge < -0.3 is 10.6 Å². The molecule has 0 radical (unpaired) electrons. The summed E-state index contributed by atoms with van der Waals surface area (Å²) in [5.41, 5.74) is 2.60. The minimum absolute atomic E-state index is 0.117. The molecule has 6 nitrogen and oxygen atoms in total. The first-order valence-electron chi connectivity index (χ1n) is 7.19. The number of likely N-dealkylation sites (N-methyl/N-ethyl adjacent to an activating group) is 1. The number of carbonyl (C=O) groups excluding carboxylic acids is 2. The third kappa shape index (κ3) is 4.56. The van der Waals surface area contributed by atoms with Crippen LogP contribution in [0.3, 0.4) is 0 Å². The Morgan fingerprint density at radius 3 is 2.61 bits per heavy atom. The summed E-state index contributed by atoms with van der Waals surface area (Å²) >= 11 is 6.06. The second kappa shape index (κ2) is 7.28. The van der Waals surface area contributed by atoms with Crippen LogP contribution in [-0.4, -0.2) is 28.6 Å². The summed E-state index contributed by atoms with van der Waals surface area (Å²) in [6, 6.07) is 7.26. The maximum absolute atomic E-state index is 12.1. The lowest BCUT2D eigenvalue weighted by Crippen LogP contribution is -2.24. The fourth-order valence-corrected chi connectivity index (χ4v) is 2.27. The van der Waals surface area contributed by atoms with Gasteiger partial charge in [0.2, 0.25) is 11.8 Å². The Hall–Kier alpha value is -2.34. The number of halogens is 1. The molecule has 1 heterocycles. The van der Waals surface area contributed by atoms with E-state index < -0.39 is 0 Å². The molecule has 2 rings (SSSR count). The van der Waals surface area contributed by atoms with Crippen molar-refractivity contribution < 1.29 is 9.59 Å².